The molecule has 2 heterocycles. The van der Waals surface area contributed by atoms with E-state index in [0.29, 0.717) is 11.9 Å². The van der Waals surface area contributed by atoms with Gasteiger partial charge in [-0.2, -0.15) is 0 Å². The van der Waals surface area contributed by atoms with Crippen molar-refractivity contribution in [1.82, 2.24) is 10.3 Å². The van der Waals surface area contributed by atoms with E-state index in [1.54, 1.807) is 6.07 Å². The maximum atomic E-state index is 10.8. The maximum absolute atomic E-state index is 10.8. The van der Waals surface area contributed by atoms with Crippen LogP contribution in [0.3, 0.4) is 0 Å². The molecule has 1 aliphatic rings. The Kier molecular flexibility index (Phi) is 4.09. The number of hydrogen-bond acceptors (Lipinski definition) is 5. The van der Waals surface area contributed by atoms with Gasteiger partial charge in [0.05, 0.1) is 11.0 Å². The van der Waals surface area contributed by atoms with Gasteiger partial charge >= 0.3 is 0 Å². The summed E-state index contributed by atoms with van der Waals surface area (Å²) in [6.07, 6.45) is 3.57. The van der Waals surface area contributed by atoms with Crippen LogP contribution < -0.4 is 10.2 Å². The van der Waals surface area contributed by atoms with Gasteiger partial charge in [0.2, 0.25) is 0 Å². The second-order valence-electron chi connectivity index (χ2n) is 4.47. The van der Waals surface area contributed by atoms with Crippen LogP contribution in [0.4, 0.5) is 11.5 Å². The van der Waals surface area contributed by atoms with E-state index in [4.69, 9.17) is 0 Å². The number of hydrogen-bond donors (Lipinski definition) is 1. The minimum Gasteiger partial charge on any atom is -0.352 e. The second kappa shape index (κ2) is 5.77. The summed E-state index contributed by atoms with van der Waals surface area (Å²) in [4.78, 5) is 16.9. The van der Waals surface area contributed by atoms with Gasteiger partial charge in [0.1, 0.15) is 5.82 Å². The molecular formula is C12H18N4O2. The van der Waals surface area contributed by atoms with E-state index in [2.05, 4.69) is 22.1 Å². The van der Waals surface area contributed by atoms with Gasteiger partial charge in [-0.25, -0.2) is 4.98 Å². The molecule has 6 nitrogen and oxygen atoms in total. The molecule has 0 saturated carbocycles. The van der Waals surface area contributed by atoms with Crippen molar-refractivity contribution in [2.24, 2.45) is 0 Å². The lowest BCUT2D eigenvalue weighted by Crippen LogP contribution is -2.38. The van der Waals surface area contributed by atoms with Crippen LogP contribution >= 0.6 is 0 Å². The van der Waals surface area contributed by atoms with Gasteiger partial charge in [0, 0.05) is 31.4 Å². The third-order valence-electron chi connectivity index (χ3n) is 3.17. The van der Waals surface area contributed by atoms with E-state index in [1.165, 1.54) is 12.3 Å². The summed E-state index contributed by atoms with van der Waals surface area (Å²) in [5.41, 5.74) is 0.104. The SMILES string of the molecule is CCCN(c1cc([N+](=O)[O-])ccn1)C1CCNC1. The molecule has 0 bridgehead atoms. The quantitative estimate of drug-likeness (QED) is 0.634. The molecule has 6 heteroatoms. The van der Waals surface area contributed by atoms with E-state index in [-0.39, 0.29) is 10.6 Å². The van der Waals surface area contributed by atoms with Crippen molar-refractivity contribution in [3.8, 4) is 0 Å². The zero-order chi connectivity index (χ0) is 13.0. The fourth-order valence-corrected chi connectivity index (χ4v) is 2.31. The lowest BCUT2D eigenvalue weighted by atomic mass is 10.2. The zero-order valence-corrected chi connectivity index (χ0v) is 10.5. The lowest BCUT2D eigenvalue weighted by Gasteiger charge is -2.29. The Balaban J connectivity index is 2.23. The van der Waals surface area contributed by atoms with E-state index < -0.39 is 0 Å². The number of nitrogens with one attached hydrogen (secondary N) is 1. The van der Waals surface area contributed by atoms with Gasteiger partial charge in [-0.05, 0) is 19.4 Å². The second-order valence-corrected chi connectivity index (χ2v) is 4.47. The molecule has 1 aliphatic heterocycles. The summed E-state index contributed by atoms with van der Waals surface area (Å²) in [5, 5.41) is 14.1. The van der Waals surface area contributed by atoms with Crippen molar-refractivity contribution < 1.29 is 4.92 Å². The molecule has 1 saturated heterocycles. The summed E-state index contributed by atoms with van der Waals surface area (Å²) < 4.78 is 0. The number of pyridine rings is 1. The molecule has 0 spiro atoms. The van der Waals surface area contributed by atoms with Gasteiger partial charge in [-0.1, -0.05) is 6.92 Å². The molecule has 0 aliphatic carbocycles. The highest BCUT2D eigenvalue weighted by Crippen LogP contribution is 2.22. The maximum Gasteiger partial charge on any atom is 0.274 e. The molecule has 1 unspecified atom stereocenters. The largest absolute Gasteiger partial charge is 0.352 e. The average molecular weight is 250 g/mol. The summed E-state index contributed by atoms with van der Waals surface area (Å²) >= 11 is 0. The number of anilines is 1. The highest BCUT2D eigenvalue weighted by Gasteiger charge is 2.23. The number of nitrogens with zero attached hydrogens (tertiary/aromatic N) is 3. The molecule has 1 aromatic heterocycles. The molecule has 0 aromatic carbocycles. The van der Waals surface area contributed by atoms with E-state index in [1.807, 2.05) is 0 Å². The summed E-state index contributed by atoms with van der Waals surface area (Å²) in [6, 6.07) is 3.38. The molecule has 1 N–H and O–H groups in total. The standard InChI is InChI=1S/C12H18N4O2/c1-2-7-15(11-3-5-13-9-11)12-8-10(16(17)18)4-6-14-12/h4,6,8,11,13H,2-3,5,7,9H2,1H3. The first-order valence-electron chi connectivity index (χ1n) is 6.30. The molecule has 1 aromatic rings. The van der Waals surface area contributed by atoms with Crippen LogP contribution in [-0.4, -0.2) is 35.6 Å². The minimum absolute atomic E-state index is 0.104. The van der Waals surface area contributed by atoms with Crippen molar-refractivity contribution >= 4 is 11.5 Å². The van der Waals surface area contributed by atoms with Gasteiger partial charge in [0.25, 0.3) is 5.69 Å². The summed E-state index contributed by atoms with van der Waals surface area (Å²) in [7, 11) is 0. The monoisotopic (exact) mass is 250 g/mol. The van der Waals surface area contributed by atoms with Crippen molar-refractivity contribution in [1.29, 1.82) is 0 Å². The molecular weight excluding hydrogens is 232 g/mol. The Hall–Kier alpha value is -1.69. The topological polar surface area (TPSA) is 71.3 Å². The van der Waals surface area contributed by atoms with E-state index >= 15 is 0 Å². The molecule has 1 fully saturated rings. The van der Waals surface area contributed by atoms with Crippen molar-refractivity contribution in [2.75, 3.05) is 24.5 Å². The van der Waals surface area contributed by atoms with Gasteiger partial charge < -0.3 is 10.2 Å². The van der Waals surface area contributed by atoms with Crippen LogP contribution in [0.15, 0.2) is 18.3 Å². The molecule has 98 valence electrons. The van der Waals surface area contributed by atoms with E-state index in [9.17, 15) is 10.1 Å². The highest BCUT2D eigenvalue weighted by atomic mass is 16.6. The summed E-state index contributed by atoms with van der Waals surface area (Å²) in [6.45, 7) is 4.90. The van der Waals surface area contributed by atoms with E-state index in [0.717, 1.165) is 32.5 Å². The average Bonchev–Trinajstić information content (AvgIpc) is 2.89. The Labute approximate surface area is 106 Å². The normalized spacial score (nSPS) is 18.8. The molecule has 2 rings (SSSR count). The van der Waals surface area contributed by atoms with Crippen LogP contribution in [0, 0.1) is 10.1 Å². The Bertz CT molecular complexity index is 418. The smallest absolute Gasteiger partial charge is 0.274 e. The third kappa shape index (κ3) is 2.76. The Morgan fingerprint density at radius 1 is 1.67 bits per heavy atom. The van der Waals surface area contributed by atoms with Crippen LogP contribution in [0.5, 0.6) is 0 Å². The fourth-order valence-electron chi connectivity index (χ4n) is 2.31. The first-order chi connectivity index (χ1) is 8.72. The summed E-state index contributed by atoms with van der Waals surface area (Å²) in [5.74, 6) is 0.708. The molecule has 0 radical (unpaired) electrons. The Morgan fingerprint density at radius 3 is 3.11 bits per heavy atom. The van der Waals surface area contributed by atoms with Gasteiger partial charge in [0.15, 0.2) is 0 Å². The first-order valence-corrected chi connectivity index (χ1v) is 6.30. The number of nitro groups is 1. The predicted octanol–water partition coefficient (Wildman–Crippen LogP) is 1.57. The van der Waals surface area contributed by atoms with Gasteiger partial charge in [-0.3, -0.25) is 10.1 Å². The lowest BCUT2D eigenvalue weighted by molar-refractivity contribution is -0.384. The van der Waals surface area contributed by atoms with Crippen molar-refractivity contribution in [3.05, 3.63) is 28.4 Å². The highest BCUT2D eigenvalue weighted by molar-refractivity contribution is 5.47. The first kappa shape index (κ1) is 12.8. The minimum atomic E-state index is -0.373. The molecule has 0 amide bonds. The van der Waals surface area contributed by atoms with Crippen molar-refractivity contribution in [2.45, 2.75) is 25.8 Å². The predicted molar refractivity (Wildman–Crippen MR) is 69.8 cm³/mol. The third-order valence-corrected chi connectivity index (χ3v) is 3.17. The fraction of sp³-hybridized carbons (Fsp3) is 0.583. The van der Waals surface area contributed by atoms with Crippen molar-refractivity contribution in [3.63, 3.8) is 0 Å². The zero-order valence-electron chi connectivity index (χ0n) is 10.5. The molecule has 1 atom stereocenters. The number of aromatic nitrogens is 1. The van der Waals surface area contributed by atoms with Crippen LogP contribution in [-0.2, 0) is 0 Å². The molecule has 18 heavy (non-hydrogen) atoms. The van der Waals surface area contributed by atoms with Gasteiger partial charge in [-0.15, -0.1) is 0 Å². The van der Waals surface area contributed by atoms with Crippen LogP contribution in [0.25, 0.3) is 0 Å². The Morgan fingerprint density at radius 2 is 2.50 bits per heavy atom. The van der Waals surface area contributed by atoms with Crippen LogP contribution in [0.1, 0.15) is 19.8 Å². The number of rotatable bonds is 5. The van der Waals surface area contributed by atoms with Crippen LogP contribution in [0.2, 0.25) is 0 Å².